The van der Waals surface area contributed by atoms with Crippen LogP contribution < -0.4 is 5.32 Å². The zero-order chi connectivity index (χ0) is 18.5. The smallest absolute Gasteiger partial charge is 0.254 e. The quantitative estimate of drug-likeness (QED) is 0.833. The zero-order valence-corrected chi connectivity index (χ0v) is 16.3. The van der Waals surface area contributed by atoms with Gasteiger partial charge in [0.2, 0.25) is 5.91 Å². The SMILES string of the molecule is Cc1cc(C(=O)N2CCCCC2C)ccc1NC(=O)CCc1cccs1. The Morgan fingerprint density at radius 3 is 2.81 bits per heavy atom. The lowest BCUT2D eigenvalue weighted by molar-refractivity contribution is -0.116. The highest BCUT2D eigenvalue weighted by Crippen LogP contribution is 2.22. The van der Waals surface area contributed by atoms with Crippen molar-refractivity contribution in [1.82, 2.24) is 4.90 Å². The fourth-order valence-corrected chi connectivity index (χ4v) is 4.12. The summed E-state index contributed by atoms with van der Waals surface area (Å²) in [6.07, 6.45) is 4.56. The van der Waals surface area contributed by atoms with Crippen molar-refractivity contribution in [2.75, 3.05) is 11.9 Å². The van der Waals surface area contributed by atoms with Gasteiger partial charge in [0.05, 0.1) is 0 Å². The van der Waals surface area contributed by atoms with Crippen molar-refractivity contribution in [2.45, 2.75) is 52.0 Å². The molecule has 138 valence electrons. The summed E-state index contributed by atoms with van der Waals surface area (Å²) < 4.78 is 0. The van der Waals surface area contributed by atoms with Crippen LogP contribution in [0.4, 0.5) is 5.69 Å². The number of nitrogens with one attached hydrogen (secondary N) is 1. The predicted octanol–water partition coefficient (Wildman–Crippen LogP) is 4.64. The Labute approximate surface area is 159 Å². The average molecular weight is 371 g/mol. The molecule has 1 aliphatic rings. The van der Waals surface area contributed by atoms with E-state index in [2.05, 4.69) is 12.2 Å². The number of carbonyl (C=O) groups excluding carboxylic acids is 2. The Morgan fingerprint density at radius 2 is 2.12 bits per heavy atom. The molecule has 3 rings (SSSR count). The van der Waals surface area contributed by atoms with E-state index < -0.39 is 0 Å². The summed E-state index contributed by atoms with van der Waals surface area (Å²) in [6.45, 7) is 4.89. The maximum Gasteiger partial charge on any atom is 0.254 e. The van der Waals surface area contributed by atoms with Gasteiger partial charge in [-0.1, -0.05) is 6.07 Å². The standard InChI is InChI=1S/C21H26N2O2S/c1-15-14-17(21(25)23-12-4-3-6-16(23)2)8-10-19(15)22-20(24)11-9-18-7-5-13-26-18/h5,7-8,10,13-14,16H,3-4,6,9,11-12H2,1-2H3,(H,22,24). The van der Waals surface area contributed by atoms with E-state index >= 15 is 0 Å². The van der Waals surface area contributed by atoms with Crippen molar-refractivity contribution in [2.24, 2.45) is 0 Å². The molecule has 0 bridgehead atoms. The summed E-state index contributed by atoms with van der Waals surface area (Å²) in [7, 11) is 0. The molecule has 0 spiro atoms. The van der Waals surface area contributed by atoms with Gasteiger partial charge < -0.3 is 10.2 Å². The number of anilines is 1. The van der Waals surface area contributed by atoms with Crippen LogP contribution >= 0.6 is 11.3 Å². The normalized spacial score (nSPS) is 17.2. The molecule has 0 aliphatic carbocycles. The van der Waals surface area contributed by atoms with E-state index in [-0.39, 0.29) is 11.8 Å². The van der Waals surface area contributed by atoms with Crippen molar-refractivity contribution >= 4 is 28.8 Å². The molecule has 1 aliphatic heterocycles. The Morgan fingerprint density at radius 1 is 1.27 bits per heavy atom. The molecule has 2 heterocycles. The molecule has 1 fully saturated rings. The molecule has 1 unspecified atom stereocenters. The lowest BCUT2D eigenvalue weighted by atomic mass is 10.0. The number of rotatable bonds is 5. The monoisotopic (exact) mass is 370 g/mol. The fourth-order valence-electron chi connectivity index (χ4n) is 3.41. The topological polar surface area (TPSA) is 49.4 Å². The predicted molar refractivity (Wildman–Crippen MR) is 107 cm³/mol. The number of hydrogen-bond donors (Lipinski definition) is 1. The van der Waals surface area contributed by atoms with E-state index in [0.717, 1.165) is 37.1 Å². The summed E-state index contributed by atoms with van der Waals surface area (Å²) >= 11 is 1.67. The van der Waals surface area contributed by atoms with Crippen LogP contribution in [0.25, 0.3) is 0 Å². The minimum Gasteiger partial charge on any atom is -0.336 e. The number of benzene rings is 1. The van der Waals surface area contributed by atoms with Gasteiger partial charge in [-0.3, -0.25) is 9.59 Å². The van der Waals surface area contributed by atoms with Crippen LogP contribution in [0.5, 0.6) is 0 Å². The van der Waals surface area contributed by atoms with E-state index in [4.69, 9.17) is 0 Å². The van der Waals surface area contributed by atoms with Gasteiger partial charge in [0, 0.05) is 35.1 Å². The second-order valence-corrected chi connectivity index (χ2v) is 8.03. The highest BCUT2D eigenvalue weighted by atomic mass is 32.1. The molecule has 1 N–H and O–H groups in total. The van der Waals surface area contributed by atoms with Crippen LogP contribution in [0, 0.1) is 6.92 Å². The first-order chi connectivity index (χ1) is 12.5. The summed E-state index contributed by atoms with van der Waals surface area (Å²) in [6, 6.07) is 9.91. The van der Waals surface area contributed by atoms with Crippen molar-refractivity contribution in [3.05, 3.63) is 51.7 Å². The number of piperidine rings is 1. The lowest BCUT2D eigenvalue weighted by Crippen LogP contribution is -2.42. The van der Waals surface area contributed by atoms with Gasteiger partial charge in [0.25, 0.3) is 5.91 Å². The molecule has 0 saturated carbocycles. The number of thiophene rings is 1. The first-order valence-corrected chi connectivity index (χ1v) is 10.2. The van der Waals surface area contributed by atoms with Crippen molar-refractivity contribution in [3.63, 3.8) is 0 Å². The highest BCUT2D eigenvalue weighted by molar-refractivity contribution is 7.09. The molecule has 1 aromatic carbocycles. The summed E-state index contributed by atoms with van der Waals surface area (Å²) in [5.41, 5.74) is 2.40. The number of carbonyl (C=O) groups is 2. The van der Waals surface area contributed by atoms with Gasteiger partial charge >= 0.3 is 0 Å². The third-order valence-electron chi connectivity index (χ3n) is 4.99. The molecule has 26 heavy (non-hydrogen) atoms. The molecule has 1 aromatic heterocycles. The van der Waals surface area contributed by atoms with Crippen LogP contribution in [0.1, 0.15) is 53.4 Å². The number of hydrogen-bond acceptors (Lipinski definition) is 3. The van der Waals surface area contributed by atoms with Crippen LogP contribution in [0.3, 0.4) is 0 Å². The lowest BCUT2D eigenvalue weighted by Gasteiger charge is -2.33. The largest absolute Gasteiger partial charge is 0.336 e. The third-order valence-corrected chi connectivity index (χ3v) is 5.93. The van der Waals surface area contributed by atoms with Gasteiger partial charge in [-0.25, -0.2) is 0 Å². The van der Waals surface area contributed by atoms with E-state index in [9.17, 15) is 9.59 Å². The number of aryl methyl sites for hydroxylation is 2. The van der Waals surface area contributed by atoms with Gasteiger partial charge in [-0.2, -0.15) is 0 Å². The molecular weight excluding hydrogens is 344 g/mol. The van der Waals surface area contributed by atoms with Crippen LogP contribution in [-0.2, 0) is 11.2 Å². The van der Waals surface area contributed by atoms with E-state index in [1.165, 1.54) is 11.3 Å². The fraction of sp³-hybridized carbons (Fsp3) is 0.429. The van der Waals surface area contributed by atoms with Crippen LogP contribution in [0.2, 0.25) is 0 Å². The molecule has 5 heteroatoms. The summed E-state index contributed by atoms with van der Waals surface area (Å²) in [5, 5.41) is 4.99. The second kappa shape index (κ2) is 8.49. The second-order valence-electron chi connectivity index (χ2n) is 7.00. The number of likely N-dealkylation sites (tertiary alicyclic amines) is 1. The minimum absolute atomic E-state index is 0.00484. The molecule has 0 radical (unpaired) electrons. The van der Waals surface area contributed by atoms with Crippen molar-refractivity contribution < 1.29 is 9.59 Å². The Balaban J connectivity index is 1.61. The minimum atomic E-state index is 0.00484. The van der Waals surface area contributed by atoms with Crippen molar-refractivity contribution in [3.8, 4) is 0 Å². The van der Waals surface area contributed by atoms with Gasteiger partial charge in [-0.15, -0.1) is 11.3 Å². The van der Waals surface area contributed by atoms with Crippen molar-refractivity contribution in [1.29, 1.82) is 0 Å². The molecular formula is C21H26N2O2S. The molecule has 2 amide bonds. The summed E-state index contributed by atoms with van der Waals surface area (Å²) in [4.78, 5) is 28.1. The van der Waals surface area contributed by atoms with E-state index in [0.29, 0.717) is 18.0 Å². The maximum atomic E-state index is 12.8. The molecule has 4 nitrogen and oxygen atoms in total. The van der Waals surface area contributed by atoms with E-state index in [1.807, 2.05) is 47.5 Å². The van der Waals surface area contributed by atoms with Gasteiger partial charge in [-0.05, 0) is 74.7 Å². The highest BCUT2D eigenvalue weighted by Gasteiger charge is 2.24. The molecule has 2 aromatic rings. The van der Waals surface area contributed by atoms with Gasteiger partial charge in [0.1, 0.15) is 0 Å². The molecule has 1 saturated heterocycles. The first-order valence-electron chi connectivity index (χ1n) is 9.28. The van der Waals surface area contributed by atoms with Crippen LogP contribution in [-0.4, -0.2) is 29.3 Å². The average Bonchev–Trinajstić information content (AvgIpc) is 3.15. The zero-order valence-electron chi connectivity index (χ0n) is 15.5. The van der Waals surface area contributed by atoms with E-state index in [1.54, 1.807) is 11.3 Å². The Kier molecular flexibility index (Phi) is 6.09. The van der Waals surface area contributed by atoms with Gasteiger partial charge in [0.15, 0.2) is 0 Å². The summed E-state index contributed by atoms with van der Waals surface area (Å²) in [5.74, 6) is 0.0982. The Bertz CT molecular complexity index is 770. The number of nitrogens with zero attached hydrogens (tertiary/aromatic N) is 1. The maximum absolute atomic E-state index is 12.8. The third kappa shape index (κ3) is 4.52. The first kappa shape index (κ1) is 18.6. The number of amides is 2. The molecule has 1 atom stereocenters. The van der Waals surface area contributed by atoms with Crippen LogP contribution in [0.15, 0.2) is 35.7 Å². The Hall–Kier alpha value is -2.14.